The summed E-state index contributed by atoms with van der Waals surface area (Å²) in [5.74, 6) is -0.716. The maximum Gasteiger partial charge on any atom is 0.319 e. The molecule has 1 saturated carbocycles. The van der Waals surface area contributed by atoms with Crippen LogP contribution in [0.1, 0.15) is 24.8 Å². The third-order valence-electron chi connectivity index (χ3n) is 3.25. The molecule has 0 heterocycles. The Morgan fingerprint density at radius 2 is 2.19 bits per heavy atom. The van der Waals surface area contributed by atoms with Crippen LogP contribution in [0, 0.1) is 17.2 Å². The van der Waals surface area contributed by atoms with Crippen molar-refractivity contribution >= 4 is 29.3 Å². The Bertz CT molecular complexity index is 608. The number of hydrogen-bond acceptors (Lipinski definition) is 3. The minimum Gasteiger partial charge on any atom is -0.481 e. The van der Waals surface area contributed by atoms with Gasteiger partial charge in [-0.3, -0.25) is 4.79 Å². The minimum atomic E-state index is -0.941. The van der Waals surface area contributed by atoms with Gasteiger partial charge in [-0.05, 0) is 37.0 Å². The average Bonchev–Trinajstić information content (AvgIpc) is 3.24. The van der Waals surface area contributed by atoms with Crippen LogP contribution in [0.5, 0.6) is 0 Å². The van der Waals surface area contributed by atoms with Crippen molar-refractivity contribution in [2.24, 2.45) is 5.92 Å². The zero-order valence-electron chi connectivity index (χ0n) is 11.1. The van der Waals surface area contributed by atoms with Crippen LogP contribution in [0.15, 0.2) is 18.2 Å². The van der Waals surface area contributed by atoms with Gasteiger partial charge >= 0.3 is 12.0 Å². The first-order valence-electron chi connectivity index (χ1n) is 6.48. The van der Waals surface area contributed by atoms with Crippen LogP contribution in [-0.4, -0.2) is 23.1 Å². The van der Waals surface area contributed by atoms with E-state index >= 15 is 0 Å². The van der Waals surface area contributed by atoms with Gasteiger partial charge in [0.15, 0.2) is 0 Å². The number of carbonyl (C=O) groups excluding carboxylic acids is 1. The number of rotatable bonds is 5. The molecular formula is C14H14ClN3O3. The number of carboxylic acids is 1. The fourth-order valence-corrected chi connectivity index (χ4v) is 2.26. The largest absolute Gasteiger partial charge is 0.481 e. The van der Waals surface area contributed by atoms with Crippen molar-refractivity contribution in [3.8, 4) is 6.07 Å². The van der Waals surface area contributed by atoms with E-state index < -0.39 is 12.0 Å². The summed E-state index contributed by atoms with van der Waals surface area (Å²) in [6.07, 6.45) is 1.75. The number of amides is 2. The van der Waals surface area contributed by atoms with E-state index in [1.807, 2.05) is 6.07 Å². The summed E-state index contributed by atoms with van der Waals surface area (Å²) in [5.41, 5.74) is 0.769. The monoisotopic (exact) mass is 307 g/mol. The van der Waals surface area contributed by atoms with E-state index in [4.69, 9.17) is 22.0 Å². The molecule has 3 N–H and O–H groups in total. The van der Waals surface area contributed by atoms with Gasteiger partial charge in [0.2, 0.25) is 0 Å². The second-order valence-corrected chi connectivity index (χ2v) is 5.35. The SMILES string of the molecule is N#Cc1ccc(NC(=O)NC(CC(=O)O)C2CC2)c(Cl)c1. The van der Waals surface area contributed by atoms with Crippen LogP contribution in [0.4, 0.5) is 10.5 Å². The number of nitrogens with zero attached hydrogens (tertiary/aromatic N) is 1. The molecule has 0 spiro atoms. The van der Waals surface area contributed by atoms with Crippen molar-refractivity contribution in [1.82, 2.24) is 5.32 Å². The number of hydrogen-bond donors (Lipinski definition) is 3. The number of nitriles is 1. The van der Waals surface area contributed by atoms with E-state index in [9.17, 15) is 9.59 Å². The van der Waals surface area contributed by atoms with Gasteiger partial charge in [0.1, 0.15) is 0 Å². The Hall–Kier alpha value is -2.26. The summed E-state index contributed by atoms with van der Waals surface area (Å²) >= 11 is 5.96. The average molecular weight is 308 g/mol. The molecule has 2 rings (SSSR count). The molecular weight excluding hydrogens is 294 g/mol. The number of anilines is 1. The van der Waals surface area contributed by atoms with Gasteiger partial charge in [0.05, 0.1) is 28.8 Å². The fourth-order valence-electron chi connectivity index (χ4n) is 2.04. The molecule has 2 amide bonds. The molecule has 1 aromatic carbocycles. The molecule has 1 aromatic rings. The third kappa shape index (κ3) is 4.36. The summed E-state index contributed by atoms with van der Waals surface area (Å²) in [6.45, 7) is 0. The van der Waals surface area contributed by atoms with Gasteiger partial charge in [0, 0.05) is 6.04 Å². The van der Waals surface area contributed by atoms with E-state index in [0.717, 1.165) is 12.8 Å². The molecule has 21 heavy (non-hydrogen) atoms. The Morgan fingerprint density at radius 3 is 2.71 bits per heavy atom. The van der Waals surface area contributed by atoms with Gasteiger partial charge in [-0.15, -0.1) is 0 Å². The minimum absolute atomic E-state index is 0.0980. The highest BCUT2D eigenvalue weighted by atomic mass is 35.5. The Morgan fingerprint density at radius 1 is 1.48 bits per heavy atom. The number of aliphatic carboxylic acids is 1. The lowest BCUT2D eigenvalue weighted by Gasteiger charge is -2.17. The second-order valence-electron chi connectivity index (χ2n) is 4.95. The fraction of sp³-hybridized carbons (Fsp3) is 0.357. The van der Waals surface area contributed by atoms with Crippen LogP contribution >= 0.6 is 11.6 Å². The van der Waals surface area contributed by atoms with Crippen molar-refractivity contribution in [1.29, 1.82) is 5.26 Å². The van der Waals surface area contributed by atoms with E-state index in [-0.39, 0.29) is 23.4 Å². The smallest absolute Gasteiger partial charge is 0.319 e. The number of carbonyl (C=O) groups is 2. The van der Waals surface area contributed by atoms with Gasteiger partial charge in [-0.25, -0.2) is 4.79 Å². The van der Waals surface area contributed by atoms with E-state index in [0.29, 0.717) is 11.3 Å². The topological polar surface area (TPSA) is 102 Å². The summed E-state index contributed by atoms with van der Waals surface area (Å²) in [7, 11) is 0. The number of nitrogens with one attached hydrogen (secondary N) is 2. The maximum atomic E-state index is 11.9. The van der Waals surface area contributed by atoms with Crippen LogP contribution in [0.2, 0.25) is 5.02 Å². The number of benzene rings is 1. The summed E-state index contributed by atoms with van der Waals surface area (Å²) in [4.78, 5) is 22.7. The van der Waals surface area contributed by atoms with Crippen LogP contribution in [0.3, 0.4) is 0 Å². The molecule has 0 radical (unpaired) electrons. The molecule has 1 aliphatic rings. The van der Waals surface area contributed by atoms with E-state index in [1.165, 1.54) is 18.2 Å². The lowest BCUT2D eigenvalue weighted by atomic mass is 10.1. The molecule has 7 heteroatoms. The Balaban J connectivity index is 1.97. The Kier molecular flexibility index (Phi) is 4.66. The number of halogens is 1. The van der Waals surface area contributed by atoms with E-state index in [1.54, 1.807) is 0 Å². The van der Waals surface area contributed by atoms with Crippen LogP contribution < -0.4 is 10.6 Å². The summed E-state index contributed by atoms with van der Waals surface area (Å²) in [5, 5.41) is 23.1. The predicted molar refractivity (Wildman–Crippen MR) is 77.1 cm³/mol. The molecule has 0 aromatic heterocycles. The number of carboxylic acid groups (broad SMARTS) is 1. The predicted octanol–water partition coefficient (Wildman–Crippen LogP) is 2.59. The zero-order chi connectivity index (χ0) is 15.4. The van der Waals surface area contributed by atoms with Crippen molar-refractivity contribution in [2.75, 3.05) is 5.32 Å². The normalized spacial score (nSPS) is 14.9. The highest BCUT2D eigenvalue weighted by molar-refractivity contribution is 6.33. The molecule has 1 aliphatic carbocycles. The quantitative estimate of drug-likeness (QED) is 0.778. The standard InChI is InChI=1S/C14H14ClN3O3/c15-10-5-8(7-16)1-4-11(10)17-14(21)18-12(6-13(19)20)9-2-3-9/h1,4-5,9,12H,2-3,6H2,(H,19,20)(H2,17,18,21). The first-order chi connectivity index (χ1) is 9.99. The molecule has 0 bridgehead atoms. The van der Waals surface area contributed by atoms with Crippen molar-refractivity contribution < 1.29 is 14.7 Å². The lowest BCUT2D eigenvalue weighted by Crippen LogP contribution is -2.40. The third-order valence-corrected chi connectivity index (χ3v) is 3.56. The zero-order valence-corrected chi connectivity index (χ0v) is 11.9. The summed E-state index contributed by atoms with van der Waals surface area (Å²) < 4.78 is 0. The van der Waals surface area contributed by atoms with Gasteiger partial charge in [-0.1, -0.05) is 11.6 Å². The van der Waals surface area contributed by atoms with Gasteiger partial charge in [0.25, 0.3) is 0 Å². The molecule has 1 atom stereocenters. The molecule has 110 valence electrons. The molecule has 0 aliphatic heterocycles. The van der Waals surface area contributed by atoms with Gasteiger partial charge < -0.3 is 15.7 Å². The second kappa shape index (κ2) is 6.46. The number of urea groups is 1. The van der Waals surface area contributed by atoms with Gasteiger partial charge in [-0.2, -0.15) is 5.26 Å². The van der Waals surface area contributed by atoms with Crippen molar-refractivity contribution in [2.45, 2.75) is 25.3 Å². The maximum absolute atomic E-state index is 11.9. The lowest BCUT2D eigenvalue weighted by molar-refractivity contribution is -0.137. The molecule has 0 saturated heterocycles. The highest BCUT2D eigenvalue weighted by Crippen LogP contribution is 2.34. The molecule has 6 nitrogen and oxygen atoms in total. The summed E-state index contributed by atoms with van der Waals surface area (Å²) in [6, 6.07) is 5.59. The van der Waals surface area contributed by atoms with E-state index in [2.05, 4.69) is 10.6 Å². The van der Waals surface area contributed by atoms with Crippen LogP contribution in [-0.2, 0) is 4.79 Å². The molecule has 1 fully saturated rings. The van der Waals surface area contributed by atoms with Crippen LogP contribution in [0.25, 0.3) is 0 Å². The molecule has 1 unspecified atom stereocenters. The highest BCUT2D eigenvalue weighted by Gasteiger charge is 2.33. The first-order valence-corrected chi connectivity index (χ1v) is 6.86. The first kappa shape index (κ1) is 15.1. The van der Waals surface area contributed by atoms with Crippen molar-refractivity contribution in [3.05, 3.63) is 28.8 Å². The van der Waals surface area contributed by atoms with Crippen molar-refractivity contribution in [3.63, 3.8) is 0 Å². The Labute approximate surface area is 126 Å².